The summed E-state index contributed by atoms with van der Waals surface area (Å²) in [6, 6.07) is 14.8. The molecule has 1 amide bonds. The highest BCUT2D eigenvalue weighted by atomic mass is 32.2. The van der Waals surface area contributed by atoms with Crippen LogP contribution in [0.3, 0.4) is 0 Å². The van der Waals surface area contributed by atoms with Gasteiger partial charge in [0, 0.05) is 12.6 Å². The summed E-state index contributed by atoms with van der Waals surface area (Å²) in [6.07, 6.45) is 1.36. The molecule has 2 aromatic carbocycles. The normalized spacial score (nSPS) is 17.3. The van der Waals surface area contributed by atoms with Gasteiger partial charge in [0.2, 0.25) is 5.91 Å². The third-order valence-corrected chi connectivity index (χ3v) is 6.89. The van der Waals surface area contributed by atoms with Crippen LogP contribution in [0, 0.1) is 0 Å². The minimum absolute atomic E-state index is 0.121. The second kappa shape index (κ2) is 7.27. The Labute approximate surface area is 162 Å². The fourth-order valence-electron chi connectivity index (χ4n) is 3.70. The van der Waals surface area contributed by atoms with Crippen molar-refractivity contribution in [3.63, 3.8) is 0 Å². The summed E-state index contributed by atoms with van der Waals surface area (Å²) in [5.74, 6) is -0.995. The molecule has 1 aliphatic heterocycles. The molecule has 1 aliphatic rings. The molecule has 0 saturated carbocycles. The summed E-state index contributed by atoms with van der Waals surface area (Å²) in [7, 11) is -3.50. The van der Waals surface area contributed by atoms with Crippen LogP contribution < -0.4 is 5.76 Å². The van der Waals surface area contributed by atoms with Crippen LogP contribution in [0.25, 0.3) is 11.1 Å². The molecule has 28 heavy (non-hydrogen) atoms. The lowest BCUT2D eigenvalue weighted by molar-refractivity contribution is -0.132. The second-order valence-electron chi connectivity index (χ2n) is 6.90. The largest absolute Gasteiger partial charge is 0.420 e. The number of oxazole rings is 1. The number of hydrogen-bond acceptors (Lipinski definition) is 5. The fourth-order valence-corrected chi connectivity index (χ4v) is 5.32. The minimum Gasteiger partial charge on any atom is -0.408 e. The van der Waals surface area contributed by atoms with Gasteiger partial charge < -0.3 is 9.32 Å². The molecule has 1 unspecified atom stereocenters. The summed E-state index contributed by atoms with van der Waals surface area (Å²) in [5, 5.41) is 0. The van der Waals surface area contributed by atoms with Crippen LogP contribution in [0.4, 0.5) is 0 Å². The van der Waals surface area contributed by atoms with Gasteiger partial charge in [-0.3, -0.25) is 9.36 Å². The van der Waals surface area contributed by atoms with Gasteiger partial charge in [-0.2, -0.15) is 0 Å². The van der Waals surface area contributed by atoms with E-state index >= 15 is 0 Å². The first-order valence-electron chi connectivity index (χ1n) is 9.11. The number of hydrogen-bond donors (Lipinski definition) is 0. The Bertz CT molecular complexity index is 1160. The number of fused-ring (bicyclic) bond motifs is 1. The summed E-state index contributed by atoms with van der Waals surface area (Å²) in [4.78, 5) is 26.8. The first-order chi connectivity index (χ1) is 13.5. The van der Waals surface area contributed by atoms with Gasteiger partial charge in [0.25, 0.3) is 0 Å². The lowest BCUT2D eigenvalue weighted by Crippen LogP contribution is -2.42. The van der Waals surface area contributed by atoms with E-state index in [9.17, 15) is 18.0 Å². The zero-order valence-corrected chi connectivity index (χ0v) is 16.0. The average molecular weight is 400 g/mol. The molecule has 1 fully saturated rings. The Hall–Kier alpha value is -2.87. The Kier molecular flexibility index (Phi) is 4.80. The van der Waals surface area contributed by atoms with Crippen molar-refractivity contribution >= 4 is 26.8 Å². The summed E-state index contributed by atoms with van der Waals surface area (Å²) >= 11 is 0. The topological polar surface area (TPSA) is 89.6 Å². The molecule has 8 heteroatoms. The van der Waals surface area contributed by atoms with Crippen LogP contribution in [-0.2, 0) is 21.2 Å². The van der Waals surface area contributed by atoms with Crippen molar-refractivity contribution in [3.8, 4) is 0 Å². The number of para-hydroxylation sites is 2. The first-order valence-corrected chi connectivity index (χ1v) is 10.8. The first kappa shape index (κ1) is 18.5. The van der Waals surface area contributed by atoms with E-state index in [1.54, 1.807) is 59.5 Å². The highest BCUT2D eigenvalue weighted by Gasteiger charge is 2.33. The van der Waals surface area contributed by atoms with Crippen LogP contribution in [0.15, 0.2) is 68.7 Å². The molecule has 4 rings (SSSR count). The van der Waals surface area contributed by atoms with Crippen molar-refractivity contribution < 1.29 is 17.6 Å². The molecule has 1 saturated heterocycles. The van der Waals surface area contributed by atoms with E-state index in [1.807, 2.05) is 0 Å². The summed E-state index contributed by atoms with van der Waals surface area (Å²) in [5.41, 5.74) is 0.971. The van der Waals surface area contributed by atoms with Crippen LogP contribution in [0.1, 0.15) is 12.8 Å². The molecule has 7 nitrogen and oxygen atoms in total. The van der Waals surface area contributed by atoms with Crippen molar-refractivity contribution in [3.05, 3.63) is 65.1 Å². The number of sulfone groups is 1. The van der Waals surface area contributed by atoms with E-state index in [2.05, 4.69) is 0 Å². The predicted octanol–water partition coefficient (Wildman–Crippen LogP) is 2.06. The van der Waals surface area contributed by atoms with E-state index in [-0.39, 0.29) is 23.1 Å². The molecule has 0 aliphatic carbocycles. The smallest absolute Gasteiger partial charge is 0.408 e. The third kappa shape index (κ3) is 3.47. The number of rotatable bonds is 5. The highest BCUT2D eigenvalue weighted by molar-refractivity contribution is 7.91. The summed E-state index contributed by atoms with van der Waals surface area (Å²) in [6.45, 7) is 0.316. The van der Waals surface area contributed by atoms with Gasteiger partial charge in [0.1, 0.15) is 6.54 Å². The zero-order chi connectivity index (χ0) is 19.7. The molecule has 2 heterocycles. The van der Waals surface area contributed by atoms with E-state index in [0.29, 0.717) is 24.1 Å². The Morgan fingerprint density at radius 2 is 1.79 bits per heavy atom. The van der Waals surface area contributed by atoms with Crippen LogP contribution >= 0.6 is 0 Å². The molecule has 0 radical (unpaired) electrons. The quantitative estimate of drug-likeness (QED) is 0.654. The molecule has 3 aromatic rings. The Morgan fingerprint density at radius 1 is 1.07 bits per heavy atom. The van der Waals surface area contributed by atoms with Crippen LogP contribution in [0.5, 0.6) is 0 Å². The Morgan fingerprint density at radius 3 is 2.57 bits per heavy atom. The van der Waals surface area contributed by atoms with Gasteiger partial charge in [0.05, 0.1) is 16.2 Å². The molecule has 1 atom stereocenters. The standard InChI is InChI=1S/C20H20N2O5S/c23-19(13-22-17-10-4-5-11-18(17)27-20(22)24)21-12-6-7-15(21)14-28(25,26)16-8-2-1-3-9-16/h1-5,8-11,15H,6-7,12-14H2. The molecule has 1 aromatic heterocycles. The average Bonchev–Trinajstić information content (AvgIpc) is 3.26. The van der Waals surface area contributed by atoms with Crippen molar-refractivity contribution in [2.45, 2.75) is 30.3 Å². The number of likely N-dealkylation sites (tertiary alicyclic amines) is 1. The maximum absolute atomic E-state index is 12.9. The van der Waals surface area contributed by atoms with E-state index in [1.165, 1.54) is 4.57 Å². The van der Waals surface area contributed by atoms with Crippen molar-refractivity contribution in [2.75, 3.05) is 12.3 Å². The number of carbonyl (C=O) groups is 1. The van der Waals surface area contributed by atoms with Crippen molar-refractivity contribution in [2.24, 2.45) is 0 Å². The van der Waals surface area contributed by atoms with Crippen LogP contribution in [0.2, 0.25) is 0 Å². The maximum Gasteiger partial charge on any atom is 0.420 e. The molecule has 0 bridgehead atoms. The molecule has 146 valence electrons. The zero-order valence-electron chi connectivity index (χ0n) is 15.2. The maximum atomic E-state index is 12.9. The van der Waals surface area contributed by atoms with E-state index in [0.717, 1.165) is 6.42 Å². The van der Waals surface area contributed by atoms with Gasteiger partial charge in [-0.1, -0.05) is 30.3 Å². The second-order valence-corrected chi connectivity index (χ2v) is 8.93. The Balaban J connectivity index is 1.54. The molecule has 0 N–H and O–H groups in total. The van der Waals surface area contributed by atoms with E-state index in [4.69, 9.17) is 4.42 Å². The molecule has 0 spiro atoms. The molecular weight excluding hydrogens is 380 g/mol. The van der Waals surface area contributed by atoms with Gasteiger partial charge in [-0.25, -0.2) is 13.2 Å². The SMILES string of the molecule is O=C(Cn1c(=O)oc2ccccc21)N1CCCC1CS(=O)(=O)c1ccccc1. The fraction of sp³-hybridized carbons (Fsp3) is 0.300. The highest BCUT2D eigenvalue weighted by Crippen LogP contribution is 2.23. The van der Waals surface area contributed by atoms with E-state index < -0.39 is 21.6 Å². The van der Waals surface area contributed by atoms with Gasteiger partial charge in [-0.15, -0.1) is 0 Å². The number of nitrogens with zero attached hydrogens (tertiary/aromatic N) is 2. The predicted molar refractivity (Wildman–Crippen MR) is 104 cm³/mol. The summed E-state index contributed by atoms with van der Waals surface area (Å²) < 4.78 is 31.8. The minimum atomic E-state index is -3.50. The van der Waals surface area contributed by atoms with Crippen molar-refractivity contribution in [1.82, 2.24) is 9.47 Å². The lowest BCUT2D eigenvalue weighted by atomic mass is 10.2. The van der Waals surface area contributed by atoms with Crippen LogP contribution in [-0.4, -0.2) is 42.1 Å². The third-order valence-electron chi connectivity index (χ3n) is 5.08. The lowest BCUT2D eigenvalue weighted by Gasteiger charge is -2.24. The van der Waals surface area contributed by atoms with Crippen molar-refractivity contribution in [1.29, 1.82) is 0 Å². The van der Waals surface area contributed by atoms with Gasteiger partial charge >= 0.3 is 5.76 Å². The monoisotopic (exact) mass is 400 g/mol. The van der Waals surface area contributed by atoms with Gasteiger partial charge in [-0.05, 0) is 37.1 Å². The number of aromatic nitrogens is 1. The number of benzene rings is 2. The number of carbonyl (C=O) groups excluding carboxylic acids is 1. The molecular formula is C20H20N2O5S. The van der Waals surface area contributed by atoms with Gasteiger partial charge in [0.15, 0.2) is 15.4 Å². The number of amides is 1.